The van der Waals surface area contributed by atoms with E-state index in [9.17, 15) is 9.59 Å². The Morgan fingerprint density at radius 2 is 1.92 bits per heavy atom. The Morgan fingerprint density at radius 1 is 1.16 bits per heavy atom. The number of nitrogens with zero attached hydrogens (tertiary/aromatic N) is 2. The summed E-state index contributed by atoms with van der Waals surface area (Å²) in [5, 5.41) is 3.38. The number of likely N-dealkylation sites (tertiary alicyclic amines) is 1. The molecule has 1 N–H and O–H groups in total. The van der Waals surface area contributed by atoms with Crippen molar-refractivity contribution in [2.24, 2.45) is 5.92 Å². The van der Waals surface area contributed by atoms with Gasteiger partial charge in [-0.3, -0.25) is 9.59 Å². The number of rotatable bonds is 1. The third-order valence-corrected chi connectivity index (χ3v) is 6.35. The molecule has 25 heavy (non-hydrogen) atoms. The van der Waals surface area contributed by atoms with Crippen LogP contribution in [-0.2, 0) is 15.0 Å². The summed E-state index contributed by atoms with van der Waals surface area (Å²) < 4.78 is 0. The fourth-order valence-electron chi connectivity index (χ4n) is 4.83. The number of likely N-dealkylation sites (N-methyl/N-ethyl adjacent to an activating group) is 1. The van der Waals surface area contributed by atoms with Crippen molar-refractivity contribution in [3.05, 3.63) is 29.8 Å². The van der Waals surface area contributed by atoms with Gasteiger partial charge in [0.25, 0.3) is 0 Å². The molecule has 5 heteroatoms. The first kappa shape index (κ1) is 16.6. The monoisotopic (exact) mass is 341 g/mol. The van der Waals surface area contributed by atoms with E-state index >= 15 is 0 Å². The predicted octanol–water partition coefficient (Wildman–Crippen LogP) is 1.91. The molecule has 3 heterocycles. The molecule has 2 amide bonds. The summed E-state index contributed by atoms with van der Waals surface area (Å²) in [6, 6.07) is 8.12. The number of fused-ring (bicyclic) bond motifs is 2. The number of amides is 2. The lowest BCUT2D eigenvalue weighted by Crippen LogP contribution is -2.50. The molecule has 2 saturated heterocycles. The van der Waals surface area contributed by atoms with Crippen LogP contribution in [0.4, 0.5) is 5.69 Å². The van der Waals surface area contributed by atoms with E-state index in [1.165, 1.54) is 0 Å². The molecule has 0 radical (unpaired) electrons. The van der Waals surface area contributed by atoms with Gasteiger partial charge in [0.1, 0.15) is 0 Å². The Kier molecular flexibility index (Phi) is 4.28. The number of para-hydroxylation sites is 1. The van der Waals surface area contributed by atoms with Crippen LogP contribution < -0.4 is 10.2 Å². The number of benzene rings is 1. The SMILES string of the molecule is CN1C(=O)C2(CCN(C(=O)[C@@H]3CCCNCC3)CC2)c2ccccc21. The summed E-state index contributed by atoms with van der Waals surface area (Å²) in [4.78, 5) is 29.7. The summed E-state index contributed by atoms with van der Waals surface area (Å²) >= 11 is 0. The Hall–Kier alpha value is -1.88. The highest BCUT2D eigenvalue weighted by atomic mass is 16.2. The van der Waals surface area contributed by atoms with Crippen LogP contribution in [-0.4, -0.2) is 49.9 Å². The summed E-state index contributed by atoms with van der Waals surface area (Å²) in [6.45, 7) is 3.34. The van der Waals surface area contributed by atoms with Gasteiger partial charge in [0.15, 0.2) is 0 Å². The van der Waals surface area contributed by atoms with Crippen LogP contribution in [0.1, 0.15) is 37.7 Å². The van der Waals surface area contributed by atoms with E-state index in [0.29, 0.717) is 19.0 Å². The Labute approximate surface area is 149 Å². The van der Waals surface area contributed by atoms with Crippen LogP contribution in [0.15, 0.2) is 24.3 Å². The molecule has 4 rings (SSSR count). The third-order valence-electron chi connectivity index (χ3n) is 6.35. The van der Waals surface area contributed by atoms with Crippen LogP contribution in [0.5, 0.6) is 0 Å². The van der Waals surface area contributed by atoms with Gasteiger partial charge < -0.3 is 15.1 Å². The van der Waals surface area contributed by atoms with Gasteiger partial charge in [0, 0.05) is 31.7 Å². The van der Waals surface area contributed by atoms with Crippen molar-refractivity contribution in [3.63, 3.8) is 0 Å². The molecule has 1 atom stereocenters. The largest absolute Gasteiger partial charge is 0.342 e. The highest BCUT2D eigenvalue weighted by Crippen LogP contribution is 2.47. The molecule has 1 aromatic carbocycles. The molecular formula is C20H27N3O2. The lowest BCUT2D eigenvalue weighted by atomic mass is 9.73. The highest BCUT2D eigenvalue weighted by Gasteiger charge is 2.51. The fraction of sp³-hybridized carbons (Fsp3) is 0.600. The molecule has 5 nitrogen and oxygen atoms in total. The minimum atomic E-state index is -0.423. The Bertz CT molecular complexity index is 671. The molecule has 0 saturated carbocycles. The quantitative estimate of drug-likeness (QED) is 0.849. The molecule has 3 aliphatic heterocycles. The molecule has 0 unspecified atom stereocenters. The normalized spacial score (nSPS) is 25.8. The first-order valence-electron chi connectivity index (χ1n) is 9.51. The molecule has 2 fully saturated rings. The standard InChI is InChI=1S/C20H27N3O2/c1-22-17-7-3-2-6-16(17)20(19(22)25)9-13-23(14-10-20)18(24)15-5-4-11-21-12-8-15/h2-3,6-7,15,21H,4-5,8-14H2,1H3/t15-/m1/s1. The first-order valence-corrected chi connectivity index (χ1v) is 9.51. The van der Waals surface area contributed by atoms with Gasteiger partial charge in [-0.15, -0.1) is 0 Å². The maximum Gasteiger partial charge on any atom is 0.237 e. The number of piperidine rings is 1. The third kappa shape index (κ3) is 2.65. The van der Waals surface area contributed by atoms with Gasteiger partial charge in [-0.05, 0) is 56.8 Å². The summed E-state index contributed by atoms with van der Waals surface area (Å²) in [7, 11) is 1.87. The minimum Gasteiger partial charge on any atom is -0.342 e. The summed E-state index contributed by atoms with van der Waals surface area (Å²) in [5.41, 5.74) is 1.75. The number of hydrogen-bond donors (Lipinski definition) is 1. The van der Waals surface area contributed by atoms with Crippen molar-refractivity contribution >= 4 is 17.5 Å². The number of anilines is 1. The lowest BCUT2D eigenvalue weighted by molar-refractivity contribution is -0.139. The molecule has 0 aromatic heterocycles. The predicted molar refractivity (Wildman–Crippen MR) is 97.6 cm³/mol. The van der Waals surface area contributed by atoms with Crippen molar-refractivity contribution < 1.29 is 9.59 Å². The van der Waals surface area contributed by atoms with Crippen LogP contribution in [0, 0.1) is 5.92 Å². The van der Waals surface area contributed by atoms with Crippen molar-refractivity contribution in [3.8, 4) is 0 Å². The second kappa shape index (κ2) is 6.45. The average Bonchev–Trinajstić information content (AvgIpc) is 2.87. The van der Waals surface area contributed by atoms with E-state index in [4.69, 9.17) is 0 Å². The number of hydrogen-bond acceptors (Lipinski definition) is 3. The highest BCUT2D eigenvalue weighted by molar-refractivity contribution is 6.07. The minimum absolute atomic E-state index is 0.151. The Morgan fingerprint density at radius 3 is 2.72 bits per heavy atom. The summed E-state index contributed by atoms with van der Waals surface area (Å²) in [5.74, 6) is 0.642. The fourth-order valence-corrected chi connectivity index (χ4v) is 4.83. The van der Waals surface area contributed by atoms with E-state index in [2.05, 4.69) is 11.4 Å². The van der Waals surface area contributed by atoms with Crippen LogP contribution in [0.25, 0.3) is 0 Å². The maximum absolute atomic E-state index is 13.0. The van der Waals surface area contributed by atoms with Crippen molar-refractivity contribution in [2.75, 3.05) is 38.1 Å². The van der Waals surface area contributed by atoms with E-state index in [-0.39, 0.29) is 11.8 Å². The average molecular weight is 341 g/mol. The molecule has 1 aromatic rings. The number of nitrogens with one attached hydrogen (secondary N) is 1. The van der Waals surface area contributed by atoms with Crippen LogP contribution >= 0.6 is 0 Å². The smallest absolute Gasteiger partial charge is 0.237 e. The molecule has 0 bridgehead atoms. The zero-order valence-electron chi connectivity index (χ0n) is 15.0. The van der Waals surface area contributed by atoms with E-state index in [1.54, 1.807) is 4.90 Å². The van der Waals surface area contributed by atoms with Crippen molar-refractivity contribution in [1.29, 1.82) is 0 Å². The summed E-state index contributed by atoms with van der Waals surface area (Å²) in [6.07, 6.45) is 4.47. The maximum atomic E-state index is 13.0. The molecule has 0 aliphatic carbocycles. The van der Waals surface area contributed by atoms with Gasteiger partial charge in [-0.25, -0.2) is 0 Å². The van der Waals surface area contributed by atoms with Gasteiger partial charge in [-0.1, -0.05) is 18.2 Å². The molecule has 1 spiro atoms. The topological polar surface area (TPSA) is 52.7 Å². The second-order valence-corrected chi connectivity index (χ2v) is 7.67. The molecule has 3 aliphatic rings. The van der Waals surface area contributed by atoms with E-state index < -0.39 is 5.41 Å². The van der Waals surface area contributed by atoms with Crippen molar-refractivity contribution in [2.45, 2.75) is 37.5 Å². The van der Waals surface area contributed by atoms with E-state index in [1.807, 2.05) is 30.1 Å². The Balaban J connectivity index is 1.50. The molecule has 134 valence electrons. The second-order valence-electron chi connectivity index (χ2n) is 7.67. The number of carbonyl (C=O) groups is 2. The van der Waals surface area contributed by atoms with Crippen molar-refractivity contribution in [1.82, 2.24) is 10.2 Å². The molecular weight excluding hydrogens is 314 g/mol. The van der Waals surface area contributed by atoms with E-state index in [0.717, 1.165) is 56.4 Å². The number of carbonyl (C=O) groups excluding carboxylic acids is 2. The first-order chi connectivity index (χ1) is 12.1. The zero-order chi connectivity index (χ0) is 17.4. The zero-order valence-corrected chi connectivity index (χ0v) is 15.0. The van der Waals surface area contributed by atoms with Gasteiger partial charge in [0.05, 0.1) is 5.41 Å². The van der Waals surface area contributed by atoms with Gasteiger partial charge in [0.2, 0.25) is 11.8 Å². The van der Waals surface area contributed by atoms with Gasteiger partial charge in [-0.2, -0.15) is 0 Å². The van der Waals surface area contributed by atoms with Crippen LogP contribution in [0.3, 0.4) is 0 Å². The van der Waals surface area contributed by atoms with Crippen LogP contribution in [0.2, 0.25) is 0 Å². The lowest BCUT2D eigenvalue weighted by Gasteiger charge is -2.39. The van der Waals surface area contributed by atoms with Gasteiger partial charge >= 0.3 is 0 Å².